The van der Waals surface area contributed by atoms with Crippen LogP contribution in [0.25, 0.3) is 22.3 Å². The molecule has 0 saturated carbocycles. The molecule has 6 heteroatoms. The van der Waals surface area contributed by atoms with Crippen LogP contribution in [0.1, 0.15) is 10.5 Å². The van der Waals surface area contributed by atoms with Gasteiger partial charge in [-0.3, -0.25) is 5.10 Å². The van der Waals surface area contributed by atoms with E-state index in [0.29, 0.717) is 5.65 Å². The number of nitrogens with one attached hydrogen (secondary N) is 1. The van der Waals surface area contributed by atoms with Gasteiger partial charge in [-0.05, 0) is 18.2 Å². The number of carbonyl (C=O) groups is 1. The zero-order chi connectivity index (χ0) is 12.7. The van der Waals surface area contributed by atoms with Crippen molar-refractivity contribution in [3.63, 3.8) is 0 Å². The minimum absolute atomic E-state index is 0.224. The number of hydrogen-bond donors (Lipinski definition) is 2. The van der Waals surface area contributed by atoms with Crippen LogP contribution in [0, 0.1) is 0 Å². The van der Waals surface area contributed by atoms with E-state index in [1.54, 1.807) is 30.1 Å². The first-order valence-corrected chi connectivity index (χ1v) is 5.36. The summed E-state index contributed by atoms with van der Waals surface area (Å²) < 4.78 is 1.57. The molecule has 90 valence electrons. The van der Waals surface area contributed by atoms with E-state index < -0.39 is 5.97 Å². The lowest BCUT2D eigenvalue weighted by Gasteiger charge is -2.00. The molecule has 0 saturated heterocycles. The van der Waals surface area contributed by atoms with Gasteiger partial charge >= 0.3 is 5.97 Å². The molecule has 3 rings (SSSR count). The second kappa shape index (κ2) is 3.69. The minimum atomic E-state index is -0.958. The highest BCUT2D eigenvalue weighted by molar-refractivity contribution is 5.93. The maximum absolute atomic E-state index is 11.0. The van der Waals surface area contributed by atoms with Crippen molar-refractivity contribution in [3.8, 4) is 11.3 Å². The summed E-state index contributed by atoms with van der Waals surface area (Å²) in [5.74, 6) is -0.958. The Hall–Kier alpha value is -2.63. The number of aromatic amines is 1. The van der Waals surface area contributed by atoms with Crippen molar-refractivity contribution in [2.75, 3.05) is 0 Å². The van der Waals surface area contributed by atoms with E-state index in [1.165, 1.54) is 0 Å². The van der Waals surface area contributed by atoms with Crippen molar-refractivity contribution in [1.29, 1.82) is 0 Å². The van der Waals surface area contributed by atoms with E-state index in [0.717, 1.165) is 16.6 Å². The smallest absolute Gasteiger partial charge is 0.352 e. The lowest BCUT2D eigenvalue weighted by atomic mass is 10.2. The standard InChI is InChI=1S/C12H10N4O2/c1-16-10(12(17)18)4-7-2-3-9(15-11(7)16)8-5-13-14-6-8/h2-6H,1H3,(H,13,14)(H,17,18). The molecule has 0 bridgehead atoms. The number of carboxylic acids is 1. The monoisotopic (exact) mass is 242 g/mol. The molecule has 0 atom stereocenters. The van der Waals surface area contributed by atoms with Gasteiger partial charge in [0.05, 0.1) is 11.9 Å². The number of hydrogen-bond acceptors (Lipinski definition) is 3. The summed E-state index contributed by atoms with van der Waals surface area (Å²) in [5, 5.41) is 16.5. The van der Waals surface area contributed by atoms with Crippen LogP contribution in [0.15, 0.2) is 30.6 Å². The number of carboxylic acid groups (broad SMARTS) is 1. The van der Waals surface area contributed by atoms with Gasteiger partial charge in [-0.25, -0.2) is 9.78 Å². The second-order valence-corrected chi connectivity index (χ2v) is 3.99. The van der Waals surface area contributed by atoms with E-state index in [2.05, 4.69) is 15.2 Å². The third-order valence-corrected chi connectivity index (χ3v) is 2.89. The quantitative estimate of drug-likeness (QED) is 0.715. The van der Waals surface area contributed by atoms with Crippen molar-refractivity contribution in [2.45, 2.75) is 0 Å². The number of H-pyrrole nitrogens is 1. The first kappa shape index (κ1) is 10.5. The molecule has 6 nitrogen and oxygen atoms in total. The molecular weight excluding hydrogens is 232 g/mol. The number of nitrogens with zero attached hydrogens (tertiary/aromatic N) is 3. The fourth-order valence-corrected chi connectivity index (χ4v) is 1.96. The lowest BCUT2D eigenvalue weighted by molar-refractivity contribution is 0.0687. The number of pyridine rings is 1. The first-order chi connectivity index (χ1) is 8.66. The second-order valence-electron chi connectivity index (χ2n) is 3.99. The van der Waals surface area contributed by atoms with Gasteiger partial charge in [-0.2, -0.15) is 5.10 Å². The van der Waals surface area contributed by atoms with Gasteiger partial charge in [-0.1, -0.05) is 0 Å². The Labute approximate surface area is 102 Å². The number of rotatable bonds is 2. The van der Waals surface area contributed by atoms with E-state index in [9.17, 15) is 4.79 Å². The Balaban J connectivity index is 2.23. The molecule has 0 spiro atoms. The minimum Gasteiger partial charge on any atom is -0.477 e. The fourth-order valence-electron chi connectivity index (χ4n) is 1.96. The van der Waals surface area contributed by atoms with Crippen LogP contribution < -0.4 is 0 Å². The zero-order valence-electron chi connectivity index (χ0n) is 9.58. The summed E-state index contributed by atoms with van der Waals surface area (Å²) in [6, 6.07) is 5.32. The highest BCUT2D eigenvalue weighted by Gasteiger charge is 2.13. The molecule has 0 radical (unpaired) electrons. The average Bonchev–Trinajstić information content (AvgIpc) is 2.97. The largest absolute Gasteiger partial charge is 0.477 e. The number of aryl methyl sites for hydroxylation is 1. The Bertz CT molecular complexity index is 728. The highest BCUT2D eigenvalue weighted by Crippen LogP contribution is 2.22. The van der Waals surface area contributed by atoms with Crippen LogP contribution in [-0.4, -0.2) is 30.8 Å². The van der Waals surface area contributed by atoms with Gasteiger partial charge in [0, 0.05) is 24.2 Å². The summed E-state index contributed by atoms with van der Waals surface area (Å²) >= 11 is 0. The number of aromatic nitrogens is 4. The molecule has 0 aliphatic heterocycles. The van der Waals surface area contributed by atoms with Gasteiger partial charge in [0.15, 0.2) is 0 Å². The molecule has 3 aromatic rings. The maximum atomic E-state index is 11.0. The van der Waals surface area contributed by atoms with Crippen molar-refractivity contribution >= 4 is 17.0 Å². The molecule has 3 aromatic heterocycles. The van der Waals surface area contributed by atoms with Crippen LogP contribution in [0.3, 0.4) is 0 Å². The summed E-state index contributed by atoms with van der Waals surface area (Å²) in [4.78, 5) is 15.5. The SMILES string of the molecule is Cn1c(C(=O)O)cc2ccc(-c3cn[nH]c3)nc21. The zero-order valence-corrected chi connectivity index (χ0v) is 9.58. The van der Waals surface area contributed by atoms with Crippen molar-refractivity contribution in [3.05, 3.63) is 36.3 Å². The normalized spacial score (nSPS) is 10.9. The topological polar surface area (TPSA) is 83.8 Å². The van der Waals surface area contributed by atoms with Crippen molar-refractivity contribution < 1.29 is 9.90 Å². The van der Waals surface area contributed by atoms with Crippen LogP contribution in [-0.2, 0) is 7.05 Å². The fraction of sp³-hybridized carbons (Fsp3) is 0.0833. The van der Waals surface area contributed by atoms with Crippen molar-refractivity contribution in [1.82, 2.24) is 19.7 Å². The molecule has 18 heavy (non-hydrogen) atoms. The molecule has 0 aliphatic rings. The van der Waals surface area contributed by atoms with Crippen LogP contribution in [0.4, 0.5) is 0 Å². The van der Waals surface area contributed by atoms with Crippen LogP contribution >= 0.6 is 0 Å². The van der Waals surface area contributed by atoms with Crippen LogP contribution in [0.5, 0.6) is 0 Å². The lowest BCUT2D eigenvalue weighted by Crippen LogP contribution is -2.04. The van der Waals surface area contributed by atoms with E-state index in [1.807, 2.05) is 12.1 Å². The van der Waals surface area contributed by atoms with Gasteiger partial charge in [0.2, 0.25) is 0 Å². The van der Waals surface area contributed by atoms with Crippen LogP contribution in [0.2, 0.25) is 0 Å². The Morgan fingerprint density at radius 2 is 2.28 bits per heavy atom. The first-order valence-electron chi connectivity index (χ1n) is 5.36. The van der Waals surface area contributed by atoms with Gasteiger partial charge in [0.25, 0.3) is 0 Å². The summed E-state index contributed by atoms with van der Waals surface area (Å²) in [5.41, 5.74) is 2.50. The van der Waals surface area contributed by atoms with E-state index in [-0.39, 0.29) is 5.69 Å². The summed E-state index contributed by atoms with van der Waals surface area (Å²) in [6.45, 7) is 0. The third-order valence-electron chi connectivity index (χ3n) is 2.89. The number of aromatic carboxylic acids is 1. The predicted molar refractivity (Wildman–Crippen MR) is 65.3 cm³/mol. The van der Waals surface area contributed by atoms with E-state index >= 15 is 0 Å². The molecule has 0 amide bonds. The Morgan fingerprint density at radius 3 is 2.94 bits per heavy atom. The van der Waals surface area contributed by atoms with Gasteiger partial charge in [0.1, 0.15) is 11.3 Å². The molecule has 0 unspecified atom stereocenters. The Morgan fingerprint density at radius 1 is 1.44 bits per heavy atom. The predicted octanol–water partition coefficient (Wildman–Crippen LogP) is 1.66. The molecule has 0 aromatic carbocycles. The van der Waals surface area contributed by atoms with Gasteiger partial charge in [-0.15, -0.1) is 0 Å². The Kier molecular flexibility index (Phi) is 2.16. The molecular formula is C12H10N4O2. The summed E-state index contributed by atoms with van der Waals surface area (Å²) in [6.07, 6.45) is 3.42. The molecule has 3 heterocycles. The molecule has 2 N–H and O–H groups in total. The van der Waals surface area contributed by atoms with Crippen molar-refractivity contribution in [2.24, 2.45) is 7.05 Å². The third kappa shape index (κ3) is 1.46. The average molecular weight is 242 g/mol. The molecule has 0 aliphatic carbocycles. The maximum Gasteiger partial charge on any atom is 0.352 e. The number of fused-ring (bicyclic) bond motifs is 1. The highest BCUT2D eigenvalue weighted by atomic mass is 16.4. The van der Waals surface area contributed by atoms with E-state index in [4.69, 9.17) is 5.11 Å². The molecule has 0 fully saturated rings. The summed E-state index contributed by atoms with van der Waals surface area (Å²) in [7, 11) is 1.69. The van der Waals surface area contributed by atoms with Gasteiger partial charge < -0.3 is 9.67 Å².